The van der Waals surface area contributed by atoms with Crippen molar-refractivity contribution in [1.82, 2.24) is 0 Å². The van der Waals surface area contributed by atoms with Gasteiger partial charge in [0.2, 0.25) is 0 Å². The Bertz CT molecular complexity index is 228. The monoisotopic (exact) mass is 236 g/mol. The van der Waals surface area contributed by atoms with E-state index < -0.39 is 0 Å². The molecule has 1 rings (SSSR count). The lowest BCUT2D eigenvalue weighted by atomic mass is 10.0. The molecule has 0 heterocycles. The Hall–Kier alpha value is -0.560. The molecular formula is C16H28O. The smallest absolute Gasteiger partial charge is 0.0431 e. The lowest BCUT2D eigenvalue weighted by molar-refractivity contribution is 0.282. The zero-order valence-electron chi connectivity index (χ0n) is 11.2. The fraction of sp³-hybridized carbons (Fsp3) is 0.750. The van der Waals surface area contributed by atoms with Crippen molar-refractivity contribution in [2.45, 2.75) is 70.6 Å². The van der Waals surface area contributed by atoms with E-state index in [9.17, 15) is 0 Å². The number of allylic oxidation sites excluding steroid dienone is 4. The van der Waals surface area contributed by atoms with Crippen molar-refractivity contribution in [2.75, 3.05) is 6.61 Å². The first-order valence-corrected chi connectivity index (χ1v) is 7.40. The molecule has 0 aromatic heterocycles. The number of aliphatic hydroxyl groups is 1. The molecule has 1 aliphatic rings. The molecular weight excluding hydrogens is 208 g/mol. The Morgan fingerprint density at radius 3 is 1.94 bits per heavy atom. The van der Waals surface area contributed by atoms with E-state index in [0.29, 0.717) is 6.61 Å². The molecule has 0 fully saturated rings. The zero-order chi connectivity index (χ0) is 12.2. The van der Waals surface area contributed by atoms with Gasteiger partial charge in [-0.1, -0.05) is 68.7 Å². The molecule has 1 nitrogen and oxygen atoms in total. The summed E-state index contributed by atoms with van der Waals surface area (Å²) < 4.78 is 0. The van der Waals surface area contributed by atoms with Crippen molar-refractivity contribution in [1.29, 1.82) is 0 Å². The van der Waals surface area contributed by atoms with Gasteiger partial charge in [0.05, 0.1) is 0 Å². The summed E-state index contributed by atoms with van der Waals surface area (Å²) in [5.74, 6) is 0. The van der Waals surface area contributed by atoms with Crippen LogP contribution in [0.5, 0.6) is 0 Å². The molecule has 0 atom stereocenters. The largest absolute Gasteiger partial charge is 0.396 e. The highest BCUT2D eigenvalue weighted by atomic mass is 16.2. The minimum Gasteiger partial charge on any atom is -0.396 e. The SMILES string of the molecule is OCCCCCCCCCCCC1=CCC=C1. The lowest BCUT2D eigenvalue weighted by Gasteiger charge is -2.02. The van der Waals surface area contributed by atoms with Crippen molar-refractivity contribution in [3.63, 3.8) is 0 Å². The van der Waals surface area contributed by atoms with E-state index in [1.807, 2.05) is 0 Å². The molecule has 0 saturated heterocycles. The van der Waals surface area contributed by atoms with E-state index in [1.54, 1.807) is 5.57 Å². The van der Waals surface area contributed by atoms with Gasteiger partial charge < -0.3 is 5.11 Å². The van der Waals surface area contributed by atoms with Gasteiger partial charge in [0, 0.05) is 6.61 Å². The van der Waals surface area contributed by atoms with E-state index in [0.717, 1.165) is 12.8 Å². The molecule has 98 valence electrons. The van der Waals surface area contributed by atoms with Crippen LogP contribution in [0.15, 0.2) is 23.8 Å². The molecule has 0 aliphatic heterocycles. The quantitative estimate of drug-likeness (QED) is 0.512. The minimum atomic E-state index is 0.365. The van der Waals surface area contributed by atoms with E-state index in [2.05, 4.69) is 18.2 Å². The normalized spacial score (nSPS) is 14.3. The predicted octanol–water partition coefficient (Wildman–Crippen LogP) is 4.77. The van der Waals surface area contributed by atoms with Crippen molar-refractivity contribution in [3.05, 3.63) is 23.8 Å². The molecule has 0 saturated carbocycles. The minimum absolute atomic E-state index is 0.365. The van der Waals surface area contributed by atoms with Gasteiger partial charge in [-0.25, -0.2) is 0 Å². The van der Waals surface area contributed by atoms with Crippen molar-refractivity contribution >= 4 is 0 Å². The van der Waals surface area contributed by atoms with E-state index in [4.69, 9.17) is 5.11 Å². The Balaban J connectivity index is 1.74. The third-order valence-electron chi connectivity index (χ3n) is 3.47. The van der Waals surface area contributed by atoms with Gasteiger partial charge in [-0.2, -0.15) is 0 Å². The molecule has 1 heteroatoms. The predicted molar refractivity (Wildman–Crippen MR) is 75.1 cm³/mol. The first-order chi connectivity index (χ1) is 8.43. The molecule has 0 bridgehead atoms. The Morgan fingerprint density at radius 2 is 1.41 bits per heavy atom. The summed E-state index contributed by atoms with van der Waals surface area (Å²) in [7, 11) is 0. The van der Waals surface area contributed by atoms with Crippen LogP contribution in [0.1, 0.15) is 70.6 Å². The van der Waals surface area contributed by atoms with Gasteiger partial charge in [-0.15, -0.1) is 0 Å². The molecule has 17 heavy (non-hydrogen) atoms. The fourth-order valence-corrected chi connectivity index (χ4v) is 2.37. The summed E-state index contributed by atoms with van der Waals surface area (Å²) in [5.41, 5.74) is 1.55. The van der Waals surface area contributed by atoms with Crippen LogP contribution in [0.2, 0.25) is 0 Å². The molecule has 0 aromatic rings. The summed E-state index contributed by atoms with van der Waals surface area (Å²) in [6, 6.07) is 0. The molecule has 0 aromatic carbocycles. The number of hydrogen-bond acceptors (Lipinski definition) is 1. The molecule has 0 radical (unpaired) electrons. The van der Waals surface area contributed by atoms with Gasteiger partial charge in [-0.05, 0) is 25.7 Å². The molecule has 1 aliphatic carbocycles. The maximum Gasteiger partial charge on any atom is 0.0431 e. The Morgan fingerprint density at radius 1 is 0.824 bits per heavy atom. The second-order valence-electron chi connectivity index (χ2n) is 5.07. The van der Waals surface area contributed by atoms with E-state index in [-0.39, 0.29) is 0 Å². The van der Waals surface area contributed by atoms with E-state index in [1.165, 1.54) is 57.8 Å². The number of hydrogen-bond donors (Lipinski definition) is 1. The van der Waals surface area contributed by atoms with Gasteiger partial charge in [0.15, 0.2) is 0 Å². The topological polar surface area (TPSA) is 20.2 Å². The Kier molecular flexibility index (Phi) is 9.03. The standard InChI is InChI=1S/C16H28O/c17-15-11-7-5-3-1-2-4-6-8-12-16-13-9-10-14-16/h9,13-14,17H,1-8,10-12,15H2. The summed E-state index contributed by atoms with van der Waals surface area (Å²) in [6.07, 6.45) is 21.1. The van der Waals surface area contributed by atoms with E-state index >= 15 is 0 Å². The van der Waals surface area contributed by atoms with Crippen molar-refractivity contribution in [3.8, 4) is 0 Å². The second-order valence-corrected chi connectivity index (χ2v) is 5.07. The number of rotatable bonds is 11. The van der Waals surface area contributed by atoms with Crippen molar-refractivity contribution < 1.29 is 5.11 Å². The zero-order valence-corrected chi connectivity index (χ0v) is 11.2. The van der Waals surface area contributed by atoms with Crippen LogP contribution in [0.4, 0.5) is 0 Å². The van der Waals surface area contributed by atoms with Crippen LogP contribution < -0.4 is 0 Å². The van der Waals surface area contributed by atoms with Crippen LogP contribution in [0.3, 0.4) is 0 Å². The maximum absolute atomic E-state index is 8.65. The Labute approximate surface area is 107 Å². The third kappa shape index (κ3) is 8.20. The molecule has 1 N–H and O–H groups in total. The van der Waals surface area contributed by atoms with Gasteiger partial charge in [0.1, 0.15) is 0 Å². The summed E-state index contributed by atoms with van der Waals surface area (Å²) in [6.45, 7) is 0.365. The average Bonchev–Trinajstić information content (AvgIpc) is 2.85. The highest BCUT2D eigenvalue weighted by Gasteiger charge is 1.97. The van der Waals surface area contributed by atoms with Crippen LogP contribution in [0.25, 0.3) is 0 Å². The maximum atomic E-state index is 8.65. The average molecular weight is 236 g/mol. The molecule has 0 spiro atoms. The van der Waals surface area contributed by atoms with Crippen LogP contribution in [0, 0.1) is 0 Å². The summed E-state index contributed by atoms with van der Waals surface area (Å²) in [4.78, 5) is 0. The first kappa shape index (κ1) is 14.5. The second kappa shape index (κ2) is 10.6. The number of aliphatic hydroxyl groups excluding tert-OH is 1. The lowest BCUT2D eigenvalue weighted by Crippen LogP contribution is -1.85. The third-order valence-corrected chi connectivity index (χ3v) is 3.47. The van der Waals surface area contributed by atoms with Gasteiger partial charge in [0.25, 0.3) is 0 Å². The summed E-state index contributed by atoms with van der Waals surface area (Å²) >= 11 is 0. The van der Waals surface area contributed by atoms with Gasteiger partial charge >= 0.3 is 0 Å². The van der Waals surface area contributed by atoms with Gasteiger partial charge in [-0.3, -0.25) is 0 Å². The highest BCUT2D eigenvalue weighted by molar-refractivity contribution is 5.25. The molecule has 0 amide bonds. The fourth-order valence-electron chi connectivity index (χ4n) is 2.37. The number of unbranched alkanes of at least 4 members (excludes halogenated alkanes) is 8. The summed E-state index contributed by atoms with van der Waals surface area (Å²) in [5, 5.41) is 8.65. The van der Waals surface area contributed by atoms with Crippen LogP contribution in [-0.4, -0.2) is 11.7 Å². The molecule has 0 unspecified atom stereocenters. The van der Waals surface area contributed by atoms with Crippen LogP contribution in [-0.2, 0) is 0 Å². The van der Waals surface area contributed by atoms with Crippen molar-refractivity contribution in [2.24, 2.45) is 0 Å². The first-order valence-electron chi connectivity index (χ1n) is 7.40. The van der Waals surface area contributed by atoms with Crippen LogP contribution >= 0.6 is 0 Å². The highest BCUT2D eigenvalue weighted by Crippen LogP contribution is 2.17.